The van der Waals surface area contributed by atoms with E-state index in [0.29, 0.717) is 15.1 Å². The third-order valence-corrected chi connectivity index (χ3v) is 5.64. The molecular weight excluding hydrogens is 395 g/mol. The van der Waals surface area contributed by atoms with Crippen molar-refractivity contribution in [3.8, 4) is 33.4 Å². The minimum absolute atomic E-state index is 0.557. The average Bonchev–Trinajstić information content (AvgIpc) is 2.70. The van der Waals surface area contributed by atoms with Crippen molar-refractivity contribution in [2.45, 2.75) is 0 Å². The van der Waals surface area contributed by atoms with Crippen LogP contribution in [-0.2, 0) is 0 Å². The molecule has 0 atom stereocenters. The summed E-state index contributed by atoms with van der Waals surface area (Å²) >= 11 is 20.6. The lowest BCUT2D eigenvalue weighted by Crippen LogP contribution is -1.93. The minimum Gasteiger partial charge on any atom is -0.0829 e. The van der Waals surface area contributed by atoms with Gasteiger partial charge in [-0.05, 0) is 16.7 Å². The van der Waals surface area contributed by atoms with Crippen molar-refractivity contribution in [1.82, 2.24) is 0 Å². The van der Waals surface area contributed by atoms with Crippen molar-refractivity contribution in [1.29, 1.82) is 0 Å². The summed E-state index contributed by atoms with van der Waals surface area (Å²) in [6.45, 7) is 0. The van der Waals surface area contributed by atoms with Crippen LogP contribution in [0.15, 0.2) is 91.0 Å². The van der Waals surface area contributed by atoms with Crippen LogP contribution in [-0.4, -0.2) is 0 Å². The van der Waals surface area contributed by atoms with Crippen molar-refractivity contribution in [3.63, 3.8) is 0 Å². The van der Waals surface area contributed by atoms with Gasteiger partial charge in [-0.3, -0.25) is 0 Å². The quantitative estimate of drug-likeness (QED) is 0.317. The van der Waals surface area contributed by atoms with Crippen molar-refractivity contribution in [2.24, 2.45) is 0 Å². The fourth-order valence-corrected chi connectivity index (χ4v) is 4.61. The van der Waals surface area contributed by atoms with Crippen LogP contribution >= 0.6 is 34.8 Å². The Hall–Kier alpha value is -2.25. The average molecular weight is 410 g/mol. The zero-order chi connectivity index (χ0) is 18.8. The van der Waals surface area contributed by atoms with E-state index in [1.165, 1.54) is 0 Å². The number of hydrogen-bond acceptors (Lipinski definition) is 0. The minimum atomic E-state index is 0.557. The first kappa shape index (κ1) is 18.1. The molecule has 0 heterocycles. The predicted molar refractivity (Wildman–Crippen MR) is 118 cm³/mol. The molecule has 0 spiro atoms. The Morgan fingerprint density at radius 3 is 0.778 bits per heavy atom. The number of hydrogen-bond donors (Lipinski definition) is 0. The zero-order valence-electron chi connectivity index (χ0n) is 14.3. The van der Waals surface area contributed by atoms with Gasteiger partial charge in [0.15, 0.2) is 0 Å². The Kier molecular flexibility index (Phi) is 5.22. The second kappa shape index (κ2) is 7.78. The van der Waals surface area contributed by atoms with E-state index in [1.54, 1.807) is 0 Å². The van der Waals surface area contributed by atoms with Gasteiger partial charge in [-0.1, -0.05) is 126 Å². The molecule has 0 bridgehead atoms. The van der Waals surface area contributed by atoms with E-state index in [0.717, 1.165) is 33.4 Å². The molecule has 0 aliphatic carbocycles. The second-order valence-electron chi connectivity index (χ2n) is 6.17. The van der Waals surface area contributed by atoms with E-state index in [-0.39, 0.29) is 0 Å². The van der Waals surface area contributed by atoms with E-state index in [2.05, 4.69) is 0 Å². The summed E-state index contributed by atoms with van der Waals surface area (Å²) in [6.07, 6.45) is 0. The summed E-state index contributed by atoms with van der Waals surface area (Å²) in [4.78, 5) is 0. The van der Waals surface area contributed by atoms with E-state index >= 15 is 0 Å². The molecule has 3 heteroatoms. The molecule has 0 saturated carbocycles. The Morgan fingerprint density at radius 2 is 0.556 bits per heavy atom. The van der Waals surface area contributed by atoms with Gasteiger partial charge in [-0.25, -0.2) is 0 Å². The summed E-state index contributed by atoms with van der Waals surface area (Å²) in [5, 5.41) is 1.67. The Bertz CT molecular complexity index is 910. The summed E-state index contributed by atoms with van der Waals surface area (Å²) in [5.41, 5.74) is 5.25. The third kappa shape index (κ3) is 3.37. The van der Waals surface area contributed by atoms with Crippen LogP contribution in [0.4, 0.5) is 0 Å². The van der Waals surface area contributed by atoms with Crippen molar-refractivity contribution >= 4 is 34.8 Å². The van der Waals surface area contributed by atoms with Crippen LogP contribution in [0, 0.1) is 0 Å². The van der Waals surface area contributed by atoms with Gasteiger partial charge in [0.25, 0.3) is 0 Å². The smallest absolute Gasteiger partial charge is 0.0593 e. The fourth-order valence-electron chi connectivity index (χ4n) is 3.24. The maximum Gasteiger partial charge on any atom is 0.0593 e. The molecule has 0 fully saturated rings. The second-order valence-corrected chi connectivity index (χ2v) is 7.30. The highest BCUT2D eigenvalue weighted by atomic mass is 35.5. The monoisotopic (exact) mass is 408 g/mol. The van der Waals surface area contributed by atoms with Gasteiger partial charge in [0.1, 0.15) is 0 Å². The molecule has 4 rings (SSSR count). The summed E-state index contributed by atoms with van der Waals surface area (Å²) in [7, 11) is 0. The molecule has 0 aliphatic heterocycles. The first-order valence-corrected chi connectivity index (χ1v) is 9.68. The molecule has 4 aromatic carbocycles. The largest absolute Gasteiger partial charge is 0.0829 e. The molecule has 0 nitrogen and oxygen atoms in total. The maximum atomic E-state index is 6.88. The van der Waals surface area contributed by atoms with Crippen LogP contribution in [0.1, 0.15) is 0 Å². The highest BCUT2D eigenvalue weighted by Gasteiger charge is 2.23. The topological polar surface area (TPSA) is 0 Å². The highest BCUT2D eigenvalue weighted by Crippen LogP contribution is 2.51. The van der Waals surface area contributed by atoms with Crippen LogP contribution in [0.25, 0.3) is 33.4 Å². The van der Waals surface area contributed by atoms with Gasteiger partial charge in [-0.2, -0.15) is 0 Å². The lowest BCUT2D eigenvalue weighted by molar-refractivity contribution is 1.56. The number of halogens is 3. The van der Waals surface area contributed by atoms with Crippen LogP contribution in [0.5, 0.6) is 0 Å². The molecule has 0 saturated heterocycles. The standard InChI is InChI=1S/C24H15Cl3/c25-22-19(16-10-4-1-5-11-16)23(26)21(18-14-8-3-9-15-18)24(27)20(22)17-12-6-2-7-13-17/h1-15H. The molecule has 0 aliphatic rings. The highest BCUT2D eigenvalue weighted by molar-refractivity contribution is 6.48. The van der Waals surface area contributed by atoms with E-state index in [1.807, 2.05) is 91.0 Å². The Labute approximate surface area is 174 Å². The van der Waals surface area contributed by atoms with E-state index in [9.17, 15) is 0 Å². The number of benzene rings is 4. The molecule has 0 N–H and O–H groups in total. The molecule has 27 heavy (non-hydrogen) atoms. The molecular formula is C24H15Cl3. The zero-order valence-corrected chi connectivity index (χ0v) is 16.6. The SMILES string of the molecule is Clc1c(-c2ccccc2)c(Cl)c(-c2ccccc2)c(Cl)c1-c1ccccc1. The predicted octanol–water partition coefficient (Wildman–Crippen LogP) is 8.65. The van der Waals surface area contributed by atoms with Crippen molar-refractivity contribution in [2.75, 3.05) is 0 Å². The lowest BCUT2D eigenvalue weighted by atomic mass is 9.92. The Morgan fingerprint density at radius 1 is 0.333 bits per heavy atom. The maximum absolute atomic E-state index is 6.88. The van der Waals surface area contributed by atoms with Crippen LogP contribution in [0.2, 0.25) is 15.1 Å². The number of rotatable bonds is 3. The normalized spacial score (nSPS) is 10.8. The van der Waals surface area contributed by atoms with Gasteiger partial charge < -0.3 is 0 Å². The van der Waals surface area contributed by atoms with Gasteiger partial charge in [0.05, 0.1) is 15.1 Å². The van der Waals surface area contributed by atoms with Crippen LogP contribution in [0.3, 0.4) is 0 Å². The fraction of sp³-hybridized carbons (Fsp3) is 0. The van der Waals surface area contributed by atoms with Gasteiger partial charge in [0, 0.05) is 16.7 Å². The molecule has 0 radical (unpaired) electrons. The van der Waals surface area contributed by atoms with Gasteiger partial charge in [-0.15, -0.1) is 0 Å². The van der Waals surface area contributed by atoms with Gasteiger partial charge in [0.2, 0.25) is 0 Å². The van der Waals surface area contributed by atoms with Crippen molar-refractivity contribution < 1.29 is 0 Å². The Balaban J connectivity index is 2.12. The van der Waals surface area contributed by atoms with E-state index < -0.39 is 0 Å². The third-order valence-electron chi connectivity index (χ3n) is 4.50. The molecule has 0 unspecified atom stereocenters. The first-order chi connectivity index (χ1) is 13.2. The summed E-state index contributed by atoms with van der Waals surface area (Å²) in [6, 6.07) is 29.8. The molecule has 0 aromatic heterocycles. The first-order valence-electron chi connectivity index (χ1n) is 8.55. The van der Waals surface area contributed by atoms with Gasteiger partial charge >= 0.3 is 0 Å². The van der Waals surface area contributed by atoms with Crippen LogP contribution < -0.4 is 0 Å². The molecule has 4 aromatic rings. The lowest BCUT2D eigenvalue weighted by Gasteiger charge is -2.19. The molecule has 0 amide bonds. The summed E-state index contributed by atoms with van der Waals surface area (Å²) in [5.74, 6) is 0. The van der Waals surface area contributed by atoms with Crippen molar-refractivity contribution in [3.05, 3.63) is 106 Å². The van der Waals surface area contributed by atoms with E-state index in [4.69, 9.17) is 34.8 Å². The summed E-state index contributed by atoms with van der Waals surface area (Å²) < 4.78 is 0. The molecule has 132 valence electrons.